The second-order valence-corrected chi connectivity index (χ2v) is 3.38. The largest absolute Gasteiger partial charge is 0.482 e. The van der Waals surface area contributed by atoms with Crippen LogP contribution in [-0.2, 0) is 4.79 Å². The minimum Gasteiger partial charge on any atom is -0.482 e. The highest BCUT2D eigenvalue weighted by Crippen LogP contribution is 2.27. The molecule has 0 bridgehead atoms. The van der Waals surface area contributed by atoms with Gasteiger partial charge in [-0.25, -0.2) is 0 Å². The van der Waals surface area contributed by atoms with Gasteiger partial charge in [-0.2, -0.15) is 0 Å². The van der Waals surface area contributed by atoms with E-state index < -0.39 is 0 Å². The van der Waals surface area contributed by atoms with E-state index in [2.05, 4.69) is 5.32 Å². The van der Waals surface area contributed by atoms with Crippen LogP contribution in [0, 0.1) is 0 Å². The quantitative estimate of drug-likeness (QED) is 0.869. The van der Waals surface area contributed by atoms with Crippen LogP contribution < -0.4 is 10.1 Å². The van der Waals surface area contributed by atoms with Crippen LogP contribution >= 0.6 is 23.2 Å². The van der Waals surface area contributed by atoms with Crippen molar-refractivity contribution in [2.45, 2.75) is 0 Å². The fraction of sp³-hybridized carbons (Fsp3) is 0.222. The molecule has 0 aliphatic rings. The normalized spacial score (nSPS) is 9.64. The highest BCUT2D eigenvalue weighted by atomic mass is 35.5. The lowest BCUT2D eigenvalue weighted by atomic mass is 10.3. The van der Waals surface area contributed by atoms with Crippen molar-refractivity contribution >= 4 is 29.1 Å². The van der Waals surface area contributed by atoms with E-state index in [4.69, 9.17) is 27.9 Å². The van der Waals surface area contributed by atoms with Gasteiger partial charge in [0, 0.05) is 18.1 Å². The Balaban J connectivity index is 2.66. The fourth-order valence-electron chi connectivity index (χ4n) is 0.803. The highest BCUT2D eigenvalue weighted by Gasteiger charge is 2.04. The Morgan fingerprint density at radius 3 is 2.86 bits per heavy atom. The highest BCUT2D eigenvalue weighted by molar-refractivity contribution is 6.34. The monoisotopic (exact) mass is 233 g/mol. The predicted molar refractivity (Wildman–Crippen MR) is 56.0 cm³/mol. The molecule has 0 atom stereocenters. The summed E-state index contributed by atoms with van der Waals surface area (Å²) in [5.74, 6) is 0.184. The first-order chi connectivity index (χ1) is 6.63. The van der Waals surface area contributed by atoms with Crippen LogP contribution in [-0.4, -0.2) is 19.6 Å². The summed E-state index contributed by atoms with van der Waals surface area (Å²) in [5, 5.41) is 3.37. The maximum atomic E-state index is 10.9. The first kappa shape index (κ1) is 11.1. The molecule has 0 heterocycles. The molecule has 14 heavy (non-hydrogen) atoms. The molecule has 0 fully saturated rings. The van der Waals surface area contributed by atoms with Gasteiger partial charge in [0.05, 0.1) is 5.02 Å². The van der Waals surface area contributed by atoms with Gasteiger partial charge in [0.15, 0.2) is 6.61 Å². The molecular formula is C9H9Cl2NO2. The van der Waals surface area contributed by atoms with Gasteiger partial charge in [0.25, 0.3) is 5.91 Å². The molecule has 0 saturated carbocycles. The van der Waals surface area contributed by atoms with Crippen molar-refractivity contribution < 1.29 is 9.53 Å². The van der Waals surface area contributed by atoms with Crippen LogP contribution in [0.25, 0.3) is 0 Å². The maximum Gasteiger partial charge on any atom is 0.257 e. The lowest BCUT2D eigenvalue weighted by Gasteiger charge is -2.06. The zero-order valence-electron chi connectivity index (χ0n) is 7.51. The van der Waals surface area contributed by atoms with Crippen LogP contribution in [0.3, 0.4) is 0 Å². The molecule has 1 aromatic carbocycles. The van der Waals surface area contributed by atoms with Crippen molar-refractivity contribution in [1.82, 2.24) is 5.32 Å². The van der Waals surface area contributed by atoms with E-state index >= 15 is 0 Å². The molecule has 3 nitrogen and oxygen atoms in total. The van der Waals surface area contributed by atoms with Gasteiger partial charge in [0.1, 0.15) is 5.75 Å². The summed E-state index contributed by atoms with van der Waals surface area (Å²) in [6.07, 6.45) is 0. The molecule has 76 valence electrons. The third-order valence-electron chi connectivity index (χ3n) is 1.53. The number of hydrogen-bond donors (Lipinski definition) is 1. The van der Waals surface area contributed by atoms with Crippen LogP contribution in [0.15, 0.2) is 18.2 Å². The number of likely N-dealkylation sites (N-methyl/N-ethyl adjacent to an activating group) is 1. The smallest absolute Gasteiger partial charge is 0.257 e. The Morgan fingerprint density at radius 2 is 2.21 bits per heavy atom. The van der Waals surface area contributed by atoms with Gasteiger partial charge in [-0.3, -0.25) is 4.79 Å². The number of rotatable bonds is 3. The van der Waals surface area contributed by atoms with E-state index in [9.17, 15) is 4.79 Å². The zero-order chi connectivity index (χ0) is 10.6. The van der Waals surface area contributed by atoms with E-state index in [0.717, 1.165) is 0 Å². The van der Waals surface area contributed by atoms with Crippen molar-refractivity contribution in [3.63, 3.8) is 0 Å². The Hall–Kier alpha value is -0.930. The van der Waals surface area contributed by atoms with Crippen molar-refractivity contribution in [2.24, 2.45) is 0 Å². The maximum absolute atomic E-state index is 10.9. The number of halogens is 2. The molecule has 0 radical (unpaired) electrons. The molecule has 1 amide bonds. The molecule has 1 rings (SSSR count). The summed E-state index contributed by atoms with van der Waals surface area (Å²) in [5.41, 5.74) is 0. The van der Waals surface area contributed by atoms with Crippen molar-refractivity contribution in [3.05, 3.63) is 28.2 Å². The molecule has 0 saturated heterocycles. The predicted octanol–water partition coefficient (Wildman–Crippen LogP) is 2.12. The molecule has 0 unspecified atom stereocenters. The third kappa shape index (κ3) is 3.09. The van der Waals surface area contributed by atoms with Gasteiger partial charge in [0.2, 0.25) is 0 Å². The number of carbonyl (C=O) groups excluding carboxylic acids is 1. The van der Waals surface area contributed by atoms with Crippen LogP contribution in [0.2, 0.25) is 10.0 Å². The third-order valence-corrected chi connectivity index (χ3v) is 2.08. The summed E-state index contributed by atoms with van der Waals surface area (Å²) < 4.78 is 5.14. The summed E-state index contributed by atoms with van der Waals surface area (Å²) in [6, 6.07) is 4.83. The summed E-state index contributed by atoms with van der Waals surface area (Å²) >= 11 is 11.5. The second kappa shape index (κ2) is 5.08. The van der Waals surface area contributed by atoms with Gasteiger partial charge < -0.3 is 10.1 Å². The zero-order valence-corrected chi connectivity index (χ0v) is 9.02. The SMILES string of the molecule is CNC(=O)COc1cc(Cl)ccc1Cl. The average Bonchev–Trinajstić information content (AvgIpc) is 2.19. The lowest BCUT2D eigenvalue weighted by Crippen LogP contribution is -2.24. The van der Waals surface area contributed by atoms with Crippen molar-refractivity contribution in [2.75, 3.05) is 13.7 Å². The van der Waals surface area contributed by atoms with Gasteiger partial charge in [-0.1, -0.05) is 23.2 Å². The topological polar surface area (TPSA) is 38.3 Å². The minimum absolute atomic E-state index is 0.0729. The van der Waals surface area contributed by atoms with Gasteiger partial charge in [-0.15, -0.1) is 0 Å². The van der Waals surface area contributed by atoms with Crippen LogP contribution in [0.1, 0.15) is 0 Å². The van der Waals surface area contributed by atoms with E-state index in [1.54, 1.807) is 18.2 Å². The summed E-state index contributed by atoms with van der Waals surface area (Å²) in [4.78, 5) is 10.9. The van der Waals surface area contributed by atoms with E-state index in [1.165, 1.54) is 7.05 Å². The van der Waals surface area contributed by atoms with E-state index in [1.807, 2.05) is 0 Å². The Bertz CT molecular complexity index is 342. The number of benzene rings is 1. The average molecular weight is 234 g/mol. The van der Waals surface area contributed by atoms with Crippen LogP contribution in [0.4, 0.5) is 0 Å². The first-order valence-corrected chi connectivity index (χ1v) is 4.67. The minimum atomic E-state index is -0.221. The van der Waals surface area contributed by atoms with Crippen LogP contribution in [0.5, 0.6) is 5.75 Å². The number of nitrogens with one attached hydrogen (secondary N) is 1. The Kier molecular flexibility index (Phi) is 4.04. The fourth-order valence-corrected chi connectivity index (χ4v) is 1.14. The standard InChI is InChI=1S/C9H9Cl2NO2/c1-12-9(13)5-14-8-4-6(10)2-3-7(8)11/h2-4H,5H2,1H3,(H,12,13). The van der Waals surface area contributed by atoms with Crippen molar-refractivity contribution in [3.8, 4) is 5.75 Å². The second-order valence-electron chi connectivity index (χ2n) is 2.54. The first-order valence-electron chi connectivity index (χ1n) is 3.92. The summed E-state index contributed by atoms with van der Waals surface area (Å²) in [7, 11) is 1.53. The van der Waals surface area contributed by atoms with Gasteiger partial charge in [-0.05, 0) is 12.1 Å². The molecule has 1 N–H and O–H groups in total. The van der Waals surface area contributed by atoms with Gasteiger partial charge >= 0.3 is 0 Å². The molecule has 0 aromatic heterocycles. The number of carbonyl (C=O) groups is 1. The van der Waals surface area contributed by atoms with E-state index in [0.29, 0.717) is 15.8 Å². The number of ether oxygens (including phenoxy) is 1. The summed E-state index contributed by atoms with van der Waals surface area (Å²) in [6.45, 7) is -0.0729. The number of amides is 1. The molecule has 0 aliphatic carbocycles. The molecule has 1 aromatic rings. The molecule has 0 spiro atoms. The Labute approximate surface area is 92.0 Å². The molecule has 0 aliphatic heterocycles. The Morgan fingerprint density at radius 1 is 1.50 bits per heavy atom. The van der Waals surface area contributed by atoms with E-state index in [-0.39, 0.29) is 12.5 Å². The lowest BCUT2D eigenvalue weighted by molar-refractivity contribution is -0.122. The molecular weight excluding hydrogens is 225 g/mol. The number of hydrogen-bond acceptors (Lipinski definition) is 2. The molecule has 5 heteroatoms. The van der Waals surface area contributed by atoms with Crippen molar-refractivity contribution in [1.29, 1.82) is 0 Å².